The highest BCUT2D eigenvalue weighted by molar-refractivity contribution is 5.90. The Morgan fingerprint density at radius 2 is 2.17 bits per heavy atom. The molecule has 0 unspecified atom stereocenters. The molecule has 0 saturated carbocycles. The van der Waals surface area contributed by atoms with Crippen LogP contribution in [0.4, 0.5) is 0 Å². The van der Waals surface area contributed by atoms with Crippen LogP contribution in [-0.4, -0.2) is 19.6 Å². The minimum absolute atomic E-state index is 0.271. The average Bonchev–Trinajstić information content (AvgIpc) is 2.69. The quantitative estimate of drug-likeness (QED) is 0.792. The van der Waals surface area contributed by atoms with Gasteiger partial charge in [-0.2, -0.15) is 0 Å². The Bertz CT molecular complexity index is 407. The van der Waals surface area contributed by atoms with E-state index in [1.807, 2.05) is 0 Å². The lowest BCUT2D eigenvalue weighted by molar-refractivity contribution is 0.0599. The first kappa shape index (κ1) is 14.8. The first-order valence-electron chi connectivity index (χ1n) is 6.28. The van der Waals surface area contributed by atoms with Gasteiger partial charge in [0.15, 0.2) is 0 Å². The van der Waals surface area contributed by atoms with Gasteiger partial charge in [-0.3, -0.25) is 0 Å². The Hall–Kier alpha value is -1.29. The normalized spacial score (nSPS) is 11.6. The van der Waals surface area contributed by atoms with Crippen molar-refractivity contribution in [2.24, 2.45) is 5.41 Å². The molecule has 4 nitrogen and oxygen atoms in total. The third kappa shape index (κ3) is 3.88. The molecule has 4 heteroatoms. The maximum Gasteiger partial charge on any atom is 0.341 e. The number of esters is 1. The van der Waals surface area contributed by atoms with Crippen LogP contribution in [0, 0.1) is 12.3 Å². The summed E-state index contributed by atoms with van der Waals surface area (Å²) in [7, 11) is 1.37. The largest absolute Gasteiger partial charge is 0.465 e. The first-order valence-corrected chi connectivity index (χ1v) is 6.28. The predicted molar refractivity (Wildman–Crippen MR) is 70.6 cm³/mol. The molecule has 1 N–H and O–H groups in total. The molecule has 18 heavy (non-hydrogen) atoms. The smallest absolute Gasteiger partial charge is 0.341 e. The molecule has 1 rings (SSSR count). The van der Waals surface area contributed by atoms with E-state index in [1.165, 1.54) is 7.11 Å². The maximum absolute atomic E-state index is 11.4. The lowest BCUT2D eigenvalue weighted by Gasteiger charge is -2.22. The molecule has 0 radical (unpaired) electrons. The fourth-order valence-corrected chi connectivity index (χ4v) is 1.59. The van der Waals surface area contributed by atoms with Gasteiger partial charge in [-0.05, 0) is 24.8 Å². The molecule has 1 heterocycles. The predicted octanol–water partition coefficient (Wildman–Crippen LogP) is 2.90. The van der Waals surface area contributed by atoms with Crippen molar-refractivity contribution in [3.05, 3.63) is 23.2 Å². The standard InChI is InChI=1S/C14H23NO3/c1-6-14(3,4)9-15-8-11-7-12(10(2)18-11)13(16)17-5/h7,15H,6,8-9H2,1-5H3. The summed E-state index contributed by atoms with van der Waals surface area (Å²) >= 11 is 0. The molecule has 0 atom stereocenters. The van der Waals surface area contributed by atoms with Crippen molar-refractivity contribution in [2.45, 2.75) is 40.7 Å². The summed E-state index contributed by atoms with van der Waals surface area (Å²) in [4.78, 5) is 11.4. The number of ether oxygens (including phenoxy) is 1. The van der Waals surface area contributed by atoms with E-state index in [4.69, 9.17) is 4.42 Å². The van der Waals surface area contributed by atoms with Crippen LogP contribution >= 0.6 is 0 Å². The number of hydrogen-bond donors (Lipinski definition) is 1. The zero-order valence-corrected chi connectivity index (χ0v) is 11.9. The van der Waals surface area contributed by atoms with Crippen molar-refractivity contribution in [2.75, 3.05) is 13.7 Å². The highest BCUT2D eigenvalue weighted by Gasteiger charge is 2.17. The van der Waals surface area contributed by atoms with Crippen LogP contribution in [0.25, 0.3) is 0 Å². The zero-order chi connectivity index (χ0) is 13.8. The van der Waals surface area contributed by atoms with Gasteiger partial charge in [0.25, 0.3) is 0 Å². The summed E-state index contributed by atoms with van der Waals surface area (Å²) in [6.45, 7) is 9.92. The van der Waals surface area contributed by atoms with E-state index in [-0.39, 0.29) is 11.4 Å². The topological polar surface area (TPSA) is 51.5 Å². The maximum atomic E-state index is 11.4. The van der Waals surface area contributed by atoms with Gasteiger partial charge in [-0.1, -0.05) is 20.8 Å². The van der Waals surface area contributed by atoms with Gasteiger partial charge in [-0.25, -0.2) is 4.79 Å². The average molecular weight is 253 g/mol. The van der Waals surface area contributed by atoms with Crippen LogP contribution < -0.4 is 5.32 Å². The number of rotatable bonds is 6. The van der Waals surface area contributed by atoms with E-state index in [9.17, 15) is 4.79 Å². The molecule has 0 fully saturated rings. The number of aryl methyl sites for hydroxylation is 1. The van der Waals surface area contributed by atoms with Crippen LogP contribution in [0.5, 0.6) is 0 Å². The molecule has 0 aliphatic heterocycles. The summed E-state index contributed by atoms with van der Waals surface area (Å²) < 4.78 is 10.2. The molecule has 0 aliphatic carbocycles. The minimum Gasteiger partial charge on any atom is -0.465 e. The third-order valence-electron chi connectivity index (χ3n) is 3.23. The lowest BCUT2D eigenvalue weighted by Crippen LogP contribution is -2.28. The summed E-state index contributed by atoms with van der Waals surface area (Å²) in [5, 5.41) is 3.34. The van der Waals surface area contributed by atoms with Crippen molar-refractivity contribution >= 4 is 5.97 Å². The summed E-state index contributed by atoms with van der Waals surface area (Å²) in [5.74, 6) is 1.02. The van der Waals surface area contributed by atoms with Crippen molar-refractivity contribution in [1.82, 2.24) is 5.32 Å². The second kappa shape index (κ2) is 6.05. The molecule has 102 valence electrons. The third-order valence-corrected chi connectivity index (χ3v) is 3.23. The van der Waals surface area contributed by atoms with Gasteiger partial charge in [0.1, 0.15) is 17.1 Å². The highest BCUT2D eigenvalue weighted by atomic mass is 16.5. The Balaban J connectivity index is 2.57. The Kier molecular flexibility index (Phi) is 4.96. The van der Waals surface area contributed by atoms with Crippen molar-refractivity contribution in [3.63, 3.8) is 0 Å². The van der Waals surface area contributed by atoms with Crippen LogP contribution in [0.3, 0.4) is 0 Å². The van der Waals surface area contributed by atoms with Gasteiger partial charge in [0, 0.05) is 6.54 Å². The first-order chi connectivity index (χ1) is 8.39. The molecular formula is C14H23NO3. The number of nitrogens with one attached hydrogen (secondary N) is 1. The fraction of sp³-hybridized carbons (Fsp3) is 0.643. The van der Waals surface area contributed by atoms with Gasteiger partial charge < -0.3 is 14.5 Å². The van der Waals surface area contributed by atoms with E-state index < -0.39 is 0 Å². The molecule has 0 aromatic carbocycles. The van der Waals surface area contributed by atoms with E-state index in [0.29, 0.717) is 17.9 Å². The second-order valence-electron chi connectivity index (χ2n) is 5.30. The highest BCUT2D eigenvalue weighted by Crippen LogP contribution is 2.19. The van der Waals surface area contributed by atoms with Crippen molar-refractivity contribution < 1.29 is 13.9 Å². The zero-order valence-electron chi connectivity index (χ0n) is 11.9. The van der Waals surface area contributed by atoms with Crippen LogP contribution in [0.15, 0.2) is 10.5 Å². The van der Waals surface area contributed by atoms with Gasteiger partial charge in [0.2, 0.25) is 0 Å². The van der Waals surface area contributed by atoms with E-state index >= 15 is 0 Å². The lowest BCUT2D eigenvalue weighted by atomic mass is 9.90. The molecular weight excluding hydrogens is 230 g/mol. The molecule has 1 aromatic rings. The number of methoxy groups -OCH3 is 1. The Morgan fingerprint density at radius 1 is 1.50 bits per heavy atom. The van der Waals surface area contributed by atoms with E-state index in [1.54, 1.807) is 13.0 Å². The van der Waals surface area contributed by atoms with E-state index in [2.05, 4.69) is 30.8 Å². The van der Waals surface area contributed by atoms with Crippen LogP contribution in [-0.2, 0) is 11.3 Å². The SMILES string of the molecule is CCC(C)(C)CNCc1cc(C(=O)OC)c(C)o1. The molecule has 0 bridgehead atoms. The van der Waals surface area contributed by atoms with Gasteiger partial charge in [0.05, 0.1) is 13.7 Å². The number of hydrogen-bond acceptors (Lipinski definition) is 4. The minimum atomic E-state index is -0.351. The van der Waals surface area contributed by atoms with Crippen LogP contribution in [0.1, 0.15) is 49.1 Å². The molecule has 0 amide bonds. The fourth-order valence-electron chi connectivity index (χ4n) is 1.59. The number of carbonyl (C=O) groups excluding carboxylic acids is 1. The van der Waals surface area contributed by atoms with Crippen molar-refractivity contribution in [1.29, 1.82) is 0 Å². The molecule has 1 aromatic heterocycles. The number of carbonyl (C=O) groups is 1. The Labute approximate surface area is 109 Å². The van der Waals surface area contributed by atoms with Crippen molar-refractivity contribution in [3.8, 4) is 0 Å². The summed E-state index contributed by atoms with van der Waals surface area (Å²) in [6.07, 6.45) is 1.12. The molecule has 0 spiro atoms. The second-order valence-corrected chi connectivity index (χ2v) is 5.30. The Morgan fingerprint density at radius 3 is 2.72 bits per heavy atom. The van der Waals surface area contributed by atoms with E-state index in [0.717, 1.165) is 18.7 Å². The molecule has 0 saturated heterocycles. The van der Waals surface area contributed by atoms with Gasteiger partial charge >= 0.3 is 5.97 Å². The summed E-state index contributed by atoms with van der Waals surface area (Å²) in [5.41, 5.74) is 0.774. The molecule has 0 aliphatic rings. The van der Waals surface area contributed by atoms with Gasteiger partial charge in [-0.15, -0.1) is 0 Å². The van der Waals surface area contributed by atoms with Crippen LogP contribution in [0.2, 0.25) is 0 Å². The summed E-state index contributed by atoms with van der Waals surface area (Å²) in [6, 6.07) is 1.74. The monoisotopic (exact) mass is 253 g/mol. The number of furan rings is 1.